The number of aliphatic hydroxyl groups excluding tert-OH is 3. The fourth-order valence-electron chi connectivity index (χ4n) is 7.03. The van der Waals surface area contributed by atoms with E-state index >= 15 is 0 Å². The van der Waals surface area contributed by atoms with Crippen molar-refractivity contribution in [1.82, 2.24) is 30.2 Å². The number of phosphoric acid groups is 3. The minimum absolute atomic E-state index is 0.0306. The van der Waals surface area contributed by atoms with Crippen molar-refractivity contribution in [1.29, 1.82) is 0 Å². The van der Waals surface area contributed by atoms with Crippen molar-refractivity contribution in [3.63, 3.8) is 0 Å². The van der Waals surface area contributed by atoms with Gasteiger partial charge in [-0.1, -0.05) is 103 Å². The van der Waals surface area contributed by atoms with E-state index in [4.69, 9.17) is 19.5 Å². The topological polar surface area (TPSA) is 384 Å². The van der Waals surface area contributed by atoms with Crippen molar-refractivity contribution < 1.29 is 85.6 Å². The number of unbranched alkanes of at least 4 members (excludes halogenated alkanes) is 10. The lowest BCUT2D eigenvalue weighted by Gasteiger charge is -2.30. The first-order valence-corrected chi connectivity index (χ1v) is 28.2. The van der Waals surface area contributed by atoms with E-state index in [1.54, 1.807) is 0 Å². The molecule has 0 bridgehead atoms. The van der Waals surface area contributed by atoms with Crippen LogP contribution in [-0.2, 0) is 50.7 Å². The van der Waals surface area contributed by atoms with Gasteiger partial charge in [0.05, 0.1) is 25.6 Å². The molecule has 25 nitrogen and oxygen atoms in total. The molecule has 2 amide bonds. The number of carbonyl (C=O) groups excluding carboxylic acids is 3. The Morgan fingerprint density at radius 1 is 0.868 bits per heavy atom. The van der Waals surface area contributed by atoms with Crippen LogP contribution in [0.2, 0.25) is 0 Å². The molecule has 0 saturated carbocycles. The molecule has 2 aromatic heterocycles. The number of imidazole rings is 1. The lowest BCUT2D eigenvalue weighted by molar-refractivity contribution is -0.137. The standard InChI is InChI=1S/C39H70N7O18P3S/c1-4-5-6-10-13-16-27(47)17-14-11-8-7-9-12-15-18-30(49)68-22-21-41-29(48)19-20-42-37(52)34(51)39(2,3)24-61-67(58,59)64-66(56,57)60-23-28-33(63-65(53,54)55)32(50)38(62-28)46-26-45-31-35(40)43-25-44-36(31)46/h25-28,32-34,38,47,50-51H,4-24H2,1-3H3,(H,41,48)(H,42,52)(H,56,57)(H,58,59)(H2,40,43,44)(H2,53,54,55). The van der Waals surface area contributed by atoms with Gasteiger partial charge < -0.3 is 56.0 Å². The van der Waals surface area contributed by atoms with Crippen LogP contribution in [0, 0.1) is 5.41 Å². The number of nitrogens with zero attached hydrogens (tertiary/aromatic N) is 4. The summed E-state index contributed by atoms with van der Waals surface area (Å²) in [6.07, 6.45) is 8.30. The summed E-state index contributed by atoms with van der Waals surface area (Å²) >= 11 is 1.13. The number of nitrogens with two attached hydrogens (primary N) is 1. The zero-order valence-electron chi connectivity index (χ0n) is 38.7. The molecule has 390 valence electrons. The molecule has 1 fully saturated rings. The van der Waals surface area contributed by atoms with Gasteiger partial charge in [0.1, 0.15) is 36.3 Å². The van der Waals surface area contributed by atoms with Crippen molar-refractivity contribution in [3.05, 3.63) is 12.7 Å². The van der Waals surface area contributed by atoms with Crippen LogP contribution in [0.1, 0.15) is 130 Å². The van der Waals surface area contributed by atoms with E-state index in [9.17, 15) is 63.0 Å². The number of fused-ring (bicyclic) bond motifs is 1. The minimum Gasteiger partial charge on any atom is -0.393 e. The van der Waals surface area contributed by atoms with Crippen LogP contribution >= 0.6 is 35.2 Å². The summed E-state index contributed by atoms with van der Waals surface area (Å²) in [4.78, 5) is 88.4. The summed E-state index contributed by atoms with van der Waals surface area (Å²) in [5.74, 6) is -1.06. The quantitative estimate of drug-likeness (QED) is 0.0346. The van der Waals surface area contributed by atoms with Crippen LogP contribution in [0.4, 0.5) is 5.82 Å². The number of hydrogen-bond acceptors (Lipinski definition) is 19. The third-order valence-electron chi connectivity index (χ3n) is 10.8. The third kappa shape index (κ3) is 21.9. The van der Waals surface area contributed by atoms with Crippen molar-refractivity contribution in [2.75, 3.05) is 37.8 Å². The molecule has 1 aliphatic heterocycles. The highest BCUT2D eigenvalue weighted by Crippen LogP contribution is 2.61. The van der Waals surface area contributed by atoms with Crippen molar-refractivity contribution >= 4 is 69.1 Å². The first-order valence-electron chi connectivity index (χ1n) is 22.7. The zero-order chi connectivity index (χ0) is 50.5. The van der Waals surface area contributed by atoms with Gasteiger partial charge in [0, 0.05) is 37.1 Å². The van der Waals surface area contributed by atoms with Gasteiger partial charge in [0.25, 0.3) is 0 Å². The van der Waals surface area contributed by atoms with E-state index in [-0.39, 0.29) is 47.7 Å². The Bertz CT molecular complexity index is 2030. The van der Waals surface area contributed by atoms with Gasteiger partial charge in [-0.25, -0.2) is 28.6 Å². The zero-order valence-corrected chi connectivity index (χ0v) is 42.2. The summed E-state index contributed by atoms with van der Waals surface area (Å²) < 4.78 is 62.4. The average Bonchev–Trinajstić information content (AvgIpc) is 3.82. The van der Waals surface area contributed by atoms with E-state index in [1.807, 2.05) is 0 Å². The van der Waals surface area contributed by atoms with E-state index in [0.717, 1.165) is 93.2 Å². The Kier molecular flexibility index (Phi) is 25.6. The highest BCUT2D eigenvalue weighted by atomic mass is 32.2. The SMILES string of the molecule is CCCCCCCC(O)CCCCCCCCCC(=O)SCCNC(=O)CCNC(=O)C(O)C(C)(C)COP(=O)(O)OP(=O)(O)OCC1OC(n2cnc3c(N)ncnc32)C(O)C1OP(=O)(O)O. The number of phosphoric ester groups is 3. The highest BCUT2D eigenvalue weighted by Gasteiger charge is 2.50. The lowest BCUT2D eigenvalue weighted by atomic mass is 9.87. The van der Waals surface area contributed by atoms with Crippen LogP contribution in [0.25, 0.3) is 11.2 Å². The van der Waals surface area contributed by atoms with Gasteiger partial charge in [-0.2, -0.15) is 4.31 Å². The number of nitrogen functional groups attached to an aromatic ring is 1. The number of thioether (sulfide) groups is 1. The highest BCUT2D eigenvalue weighted by molar-refractivity contribution is 8.13. The minimum atomic E-state index is -5.58. The first-order chi connectivity index (χ1) is 31.9. The summed E-state index contributed by atoms with van der Waals surface area (Å²) in [5, 5.41) is 36.8. The summed E-state index contributed by atoms with van der Waals surface area (Å²) in [6, 6.07) is 0. The maximum absolute atomic E-state index is 12.7. The predicted molar refractivity (Wildman–Crippen MR) is 248 cm³/mol. The maximum Gasteiger partial charge on any atom is 0.481 e. The number of rotatable bonds is 35. The molecule has 1 aliphatic rings. The fraction of sp³-hybridized carbons (Fsp3) is 0.795. The normalized spacial score (nSPS) is 20.4. The van der Waals surface area contributed by atoms with Gasteiger partial charge in [-0.15, -0.1) is 0 Å². The molecule has 8 unspecified atom stereocenters. The molecule has 29 heteroatoms. The van der Waals surface area contributed by atoms with Crippen LogP contribution in [0.15, 0.2) is 12.7 Å². The Labute approximate surface area is 399 Å². The summed E-state index contributed by atoms with van der Waals surface area (Å²) in [6.45, 7) is 2.72. The second kappa shape index (κ2) is 29.1. The number of amides is 2. The number of aliphatic hydroxyl groups is 3. The third-order valence-corrected chi connectivity index (χ3v) is 14.9. The predicted octanol–water partition coefficient (Wildman–Crippen LogP) is 3.90. The van der Waals surface area contributed by atoms with E-state index in [2.05, 4.69) is 41.3 Å². The van der Waals surface area contributed by atoms with E-state index in [1.165, 1.54) is 39.5 Å². The molecule has 3 rings (SSSR count). The monoisotopic (exact) mass is 1050 g/mol. The van der Waals surface area contributed by atoms with E-state index in [0.29, 0.717) is 12.2 Å². The molecule has 8 atom stereocenters. The average molecular weight is 1050 g/mol. The summed E-state index contributed by atoms with van der Waals surface area (Å²) in [5.41, 5.74) is 4.27. The Morgan fingerprint density at radius 2 is 1.49 bits per heavy atom. The second-order valence-electron chi connectivity index (χ2n) is 17.2. The lowest BCUT2D eigenvalue weighted by Crippen LogP contribution is -2.46. The molecular formula is C39H70N7O18P3S. The molecule has 1 saturated heterocycles. The Balaban J connectivity index is 1.29. The largest absolute Gasteiger partial charge is 0.481 e. The van der Waals surface area contributed by atoms with Crippen LogP contribution in [-0.4, -0.2) is 134 Å². The number of anilines is 1. The number of carbonyl (C=O) groups is 3. The van der Waals surface area contributed by atoms with E-state index < -0.39 is 84.6 Å². The number of hydrogen-bond donors (Lipinski definition) is 10. The molecule has 0 aromatic carbocycles. The molecule has 2 aromatic rings. The summed E-state index contributed by atoms with van der Waals surface area (Å²) in [7, 11) is -16.4. The first kappa shape index (κ1) is 59.8. The van der Waals surface area contributed by atoms with Gasteiger partial charge in [0.15, 0.2) is 22.8 Å². The van der Waals surface area contributed by atoms with Crippen LogP contribution in [0.3, 0.4) is 0 Å². The molecule has 0 spiro atoms. The number of ether oxygens (including phenoxy) is 1. The van der Waals surface area contributed by atoms with Gasteiger partial charge >= 0.3 is 23.5 Å². The molecule has 3 heterocycles. The van der Waals surface area contributed by atoms with Crippen LogP contribution in [0.5, 0.6) is 0 Å². The Morgan fingerprint density at radius 3 is 2.13 bits per heavy atom. The maximum atomic E-state index is 12.7. The van der Waals surface area contributed by atoms with Crippen molar-refractivity contribution in [3.8, 4) is 0 Å². The molecular weight excluding hydrogens is 979 g/mol. The molecule has 0 radical (unpaired) electrons. The second-order valence-corrected chi connectivity index (χ2v) is 22.5. The van der Waals surface area contributed by atoms with Crippen molar-refractivity contribution in [2.24, 2.45) is 5.41 Å². The van der Waals surface area contributed by atoms with Crippen molar-refractivity contribution in [2.45, 2.75) is 160 Å². The Hall–Kier alpha value is -2.48. The molecule has 11 N–H and O–H groups in total. The van der Waals surface area contributed by atoms with Gasteiger partial charge in [-0.05, 0) is 19.3 Å². The number of aromatic nitrogens is 4. The number of nitrogens with one attached hydrogen (secondary N) is 2. The smallest absolute Gasteiger partial charge is 0.393 e. The fourth-order valence-corrected chi connectivity index (χ4v) is 10.6. The van der Waals surface area contributed by atoms with Crippen LogP contribution < -0.4 is 16.4 Å². The van der Waals surface area contributed by atoms with Gasteiger partial charge in [-0.3, -0.25) is 32.5 Å². The molecule has 68 heavy (non-hydrogen) atoms. The van der Waals surface area contributed by atoms with Gasteiger partial charge in [0.2, 0.25) is 11.8 Å². The molecule has 0 aliphatic carbocycles.